The smallest absolute Gasteiger partial charge is 0.225 e. The van der Waals surface area contributed by atoms with Crippen LogP contribution in [0.25, 0.3) is 0 Å². The lowest BCUT2D eigenvalue weighted by molar-refractivity contribution is -0.121. The number of hydrogen-bond donors (Lipinski definition) is 2. The summed E-state index contributed by atoms with van der Waals surface area (Å²) in [7, 11) is -3.64. The number of sulfone groups is 1. The van der Waals surface area contributed by atoms with Crippen molar-refractivity contribution in [1.29, 1.82) is 0 Å². The second-order valence-corrected chi connectivity index (χ2v) is 10.7. The number of aryl methyl sites for hydroxylation is 1. The normalized spacial score (nSPS) is 16.5. The van der Waals surface area contributed by atoms with Crippen molar-refractivity contribution in [2.24, 2.45) is 0 Å². The lowest BCUT2D eigenvalue weighted by atomic mass is 10.1. The Morgan fingerprint density at radius 2 is 2.00 bits per heavy atom. The van der Waals surface area contributed by atoms with E-state index in [0.29, 0.717) is 18.7 Å². The summed E-state index contributed by atoms with van der Waals surface area (Å²) in [6.45, 7) is 4.29. The summed E-state index contributed by atoms with van der Waals surface area (Å²) >= 11 is 1.54. The molecule has 1 atom stereocenters. The fourth-order valence-electron chi connectivity index (χ4n) is 3.06. The van der Waals surface area contributed by atoms with Crippen molar-refractivity contribution in [3.05, 3.63) is 53.6 Å². The predicted octanol–water partition coefficient (Wildman–Crippen LogP) is 3.30. The van der Waals surface area contributed by atoms with Crippen LogP contribution in [0, 0.1) is 6.92 Å². The van der Waals surface area contributed by atoms with E-state index in [-0.39, 0.29) is 34.1 Å². The first-order chi connectivity index (χ1) is 13.7. The van der Waals surface area contributed by atoms with Crippen LogP contribution in [0.1, 0.15) is 30.9 Å². The number of anilines is 1. The highest BCUT2D eigenvalue weighted by Crippen LogP contribution is 2.36. The lowest BCUT2D eigenvalue weighted by Gasteiger charge is -2.11. The molecule has 2 aromatic rings. The van der Waals surface area contributed by atoms with Gasteiger partial charge in [0.1, 0.15) is 0 Å². The molecule has 0 spiro atoms. The van der Waals surface area contributed by atoms with E-state index >= 15 is 0 Å². The molecule has 6 nitrogen and oxygen atoms in total. The van der Waals surface area contributed by atoms with E-state index in [1.807, 2.05) is 38.1 Å². The molecule has 3 rings (SSSR count). The average Bonchev–Trinajstić information content (AvgIpc) is 2.81. The Morgan fingerprint density at radius 1 is 1.24 bits per heavy atom. The van der Waals surface area contributed by atoms with Crippen molar-refractivity contribution in [1.82, 2.24) is 5.32 Å². The number of thioether (sulfide) groups is 1. The second-order valence-electron chi connectivity index (χ2n) is 7.11. The van der Waals surface area contributed by atoms with Crippen LogP contribution in [0.2, 0.25) is 0 Å². The summed E-state index contributed by atoms with van der Waals surface area (Å²) in [5.74, 6) is -0.735. The van der Waals surface area contributed by atoms with Gasteiger partial charge in [-0.2, -0.15) is 0 Å². The molecule has 0 saturated carbocycles. The predicted molar refractivity (Wildman–Crippen MR) is 115 cm³/mol. The Bertz CT molecular complexity index is 1030. The van der Waals surface area contributed by atoms with Gasteiger partial charge >= 0.3 is 0 Å². The van der Waals surface area contributed by atoms with Crippen LogP contribution >= 0.6 is 11.8 Å². The maximum Gasteiger partial charge on any atom is 0.225 e. The van der Waals surface area contributed by atoms with Crippen molar-refractivity contribution in [2.45, 2.75) is 48.3 Å². The monoisotopic (exact) mass is 432 g/mol. The van der Waals surface area contributed by atoms with Crippen molar-refractivity contribution in [3.63, 3.8) is 0 Å². The van der Waals surface area contributed by atoms with Gasteiger partial charge in [0.25, 0.3) is 0 Å². The quantitative estimate of drug-likeness (QED) is 0.731. The van der Waals surface area contributed by atoms with Gasteiger partial charge in [0.15, 0.2) is 9.84 Å². The number of amides is 2. The number of carbonyl (C=O) groups excluding carboxylic acids is 2. The Balaban J connectivity index is 1.63. The third-order valence-corrected chi connectivity index (χ3v) is 7.61. The van der Waals surface area contributed by atoms with Gasteiger partial charge in [-0.1, -0.05) is 31.2 Å². The van der Waals surface area contributed by atoms with E-state index in [1.165, 1.54) is 23.9 Å². The molecule has 1 heterocycles. The van der Waals surface area contributed by atoms with Crippen LogP contribution in [-0.2, 0) is 26.0 Å². The van der Waals surface area contributed by atoms with E-state index in [0.717, 1.165) is 16.0 Å². The molecule has 0 unspecified atom stereocenters. The Hall–Kier alpha value is -2.32. The Labute approximate surface area is 175 Å². The number of hydrogen-bond acceptors (Lipinski definition) is 5. The summed E-state index contributed by atoms with van der Waals surface area (Å²) in [5.41, 5.74) is 2.57. The first kappa shape index (κ1) is 21.4. The first-order valence-corrected chi connectivity index (χ1v) is 11.9. The fourth-order valence-corrected chi connectivity index (χ4v) is 5.37. The van der Waals surface area contributed by atoms with Gasteiger partial charge in [-0.3, -0.25) is 9.59 Å². The highest BCUT2D eigenvalue weighted by Gasteiger charge is 2.22. The topological polar surface area (TPSA) is 92.3 Å². The van der Waals surface area contributed by atoms with Crippen LogP contribution in [-0.4, -0.2) is 31.2 Å². The SMILES string of the molecule is Cc1ccccc1CNC(=O)CCS(=O)(=O)c1ccc2c(c1)NC(=O)C[C@@H](C)S2. The highest BCUT2D eigenvalue weighted by atomic mass is 32.2. The molecule has 0 saturated heterocycles. The van der Waals surface area contributed by atoms with Gasteiger partial charge < -0.3 is 10.6 Å². The molecule has 1 aliphatic rings. The van der Waals surface area contributed by atoms with Crippen molar-refractivity contribution >= 4 is 39.1 Å². The maximum atomic E-state index is 12.7. The van der Waals surface area contributed by atoms with E-state index in [2.05, 4.69) is 10.6 Å². The van der Waals surface area contributed by atoms with Gasteiger partial charge in [0, 0.05) is 29.5 Å². The zero-order chi connectivity index (χ0) is 21.0. The molecule has 2 amide bonds. The van der Waals surface area contributed by atoms with Crippen molar-refractivity contribution < 1.29 is 18.0 Å². The van der Waals surface area contributed by atoms with Crippen molar-refractivity contribution in [2.75, 3.05) is 11.1 Å². The van der Waals surface area contributed by atoms with Crippen LogP contribution in [0.5, 0.6) is 0 Å². The second kappa shape index (κ2) is 9.00. The van der Waals surface area contributed by atoms with Gasteiger partial charge in [-0.25, -0.2) is 8.42 Å². The molecule has 1 aliphatic heterocycles. The number of fused-ring (bicyclic) bond motifs is 1. The molecule has 0 fully saturated rings. The number of benzene rings is 2. The molecule has 2 N–H and O–H groups in total. The highest BCUT2D eigenvalue weighted by molar-refractivity contribution is 8.00. The largest absolute Gasteiger partial charge is 0.352 e. The zero-order valence-electron chi connectivity index (χ0n) is 16.4. The maximum absolute atomic E-state index is 12.7. The summed E-state index contributed by atoms with van der Waals surface area (Å²) in [5, 5.41) is 5.66. The fraction of sp³-hybridized carbons (Fsp3) is 0.333. The Morgan fingerprint density at radius 3 is 2.76 bits per heavy atom. The van der Waals surface area contributed by atoms with Gasteiger partial charge in [-0.05, 0) is 36.2 Å². The van der Waals surface area contributed by atoms with Crippen LogP contribution in [0.15, 0.2) is 52.3 Å². The molecule has 0 aromatic heterocycles. The van der Waals surface area contributed by atoms with E-state index in [4.69, 9.17) is 0 Å². The Kier molecular flexibility index (Phi) is 6.64. The van der Waals surface area contributed by atoms with Crippen LogP contribution < -0.4 is 10.6 Å². The molecule has 2 aromatic carbocycles. The minimum Gasteiger partial charge on any atom is -0.352 e. The van der Waals surface area contributed by atoms with Crippen LogP contribution in [0.3, 0.4) is 0 Å². The molecule has 8 heteroatoms. The molecular formula is C21H24N2O4S2. The summed E-state index contributed by atoms with van der Waals surface area (Å²) < 4.78 is 25.4. The number of rotatable bonds is 6. The summed E-state index contributed by atoms with van der Waals surface area (Å²) in [6.07, 6.45) is 0.256. The average molecular weight is 433 g/mol. The first-order valence-electron chi connectivity index (χ1n) is 9.39. The standard InChI is InChI=1S/C21H24N2O4S2/c1-14-5-3-4-6-16(14)13-22-20(24)9-10-29(26,27)17-7-8-19-18(12-17)23-21(25)11-15(2)28-19/h3-8,12,15H,9-11,13H2,1-2H3,(H,22,24)(H,23,25)/t15-/m1/s1. The van der Waals surface area contributed by atoms with E-state index < -0.39 is 9.84 Å². The molecule has 0 radical (unpaired) electrons. The minimum atomic E-state index is -3.64. The number of nitrogens with one attached hydrogen (secondary N) is 2. The van der Waals surface area contributed by atoms with Crippen LogP contribution in [0.4, 0.5) is 5.69 Å². The third-order valence-electron chi connectivity index (χ3n) is 4.72. The minimum absolute atomic E-state index is 0.110. The van der Waals surface area contributed by atoms with Gasteiger partial charge in [0.2, 0.25) is 11.8 Å². The van der Waals surface area contributed by atoms with Crippen molar-refractivity contribution in [3.8, 4) is 0 Å². The molecular weight excluding hydrogens is 408 g/mol. The third kappa shape index (κ3) is 5.61. The molecule has 0 aliphatic carbocycles. The summed E-state index contributed by atoms with van der Waals surface area (Å²) in [4.78, 5) is 25.0. The summed E-state index contributed by atoms with van der Waals surface area (Å²) in [6, 6.07) is 12.4. The van der Waals surface area contributed by atoms with Gasteiger partial charge in [0.05, 0.1) is 16.3 Å². The zero-order valence-corrected chi connectivity index (χ0v) is 18.0. The molecule has 154 valence electrons. The van der Waals surface area contributed by atoms with E-state index in [9.17, 15) is 18.0 Å². The number of carbonyl (C=O) groups is 2. The molecule has 0 bridgehead atoms. The lowest BCUT2D eigenvalue weighted by Crippen LogP contribution is -2.25. The van der Waals surface area contributed by atoms with E-state index in [1.54, 1.807) is 6.07 Å². The van der Waals surface area contributed by atoms with Gasteiger partial charge in [-0.15, -0.1) is 11.8 Å². The molecule has 29 heavy (non-hydrogen) atoms.